The second kappa shape index (κ2) is 6.91. The van der Waals surface area contributed by atoms with Crippen LogP contribution in [0.15, 0.2) is 24.3 Å². The summed E-state index contributed by atoms with van der Waals surface area (Å²) in [6, 6.07) is 7.01. The van der Waals surface area contributed by atoms with Crippen molar-refractivity contribution >= 4 is 11.6 Å². The van der Waals surface area contributed by atoms with E-state index in [1.807, 2.05) is 0 Å². The van der Waals surface area contributed by atoms with E-state index in [-0.39, 0.29) is 11.7 Å². The topological polar surface area (TPSA) is 61.4 Å². The standard InChI is InChI=1S/C13H20N2O2/c1-10(2)14-8-4-7-13(17)15-11-5-3-6-12(16)9-11/h3,5-6,9-10,14,16H,4,7-8H2,1-2H3,(H,15,17). The van der Waals surface area contributed by atoms with Gasteiger partial charge in [0.2, 0.25) is 5.91 Å². The lowest BCUT2D eigenvalue weighted by atomic mass is 10.2. The van der Waals surface area contributed by atoms with E-state index in [2.05, 4.69) is 24.5 Å². The minimum atomic E-state index is -0.0267. The van der Waals surface area contributed by atoms with Crippen LogP contribution in [0.5, 0.6) is 5.75 Å². The third-order valence-electron chi connectivity index (χ3n) is 2.26. The Bertz CT molecular complexity index is 364. The lowest BCUT2D eigenvalue weighted by Gasteiger charge is -2.08. The molecule has 1 rings (SSSR count). The second-order valence-electron chi connectivity index (χ2n) is 4.31. The predicted octanol–water partition coefficient (Wildman–Crippen LogP) is 2.11. The first-order chi connectivity index (χ1) is 8.08. The van der Waals surface area contributed by atoms with Gasteiger partial charge >= 0.3 is 0 Å². The molecule has 0 radical (unpaired) electrons. The van der Waals surface area contributed by atoms with Crippen molar-refractivity contribution in [2.75, 3.05) is 11.9 Å². The summed E-state index contributed by atoms with van der Waals surface area (Å²) in [6.07, 6.45) is 1.29. The minimum absolute atomic E-state index is 0.0267. The van der Waals surface area contributed by atoms with Crippen molar-refractivity contribution in [3.8, 4) is 5.75 Å². The van der Waals surface area contributed by atoms with Crippen molar-refractivity contribution in [3.63, 3.8) is 0 Å². The van der Waals surface area contributed by atoms with Gasteiger partial charge in [-0.15, -0.1) is 0 Å². The number of aromatic hydroxyl groups is 1. The molecule has 17 heavy (non-hydrogen) atoms. The van der Waals surface area contributed by atoms with Gasteiger partial charge in [0.05, 0.1) is 0 Å². The Labute approximate surface area is 102 Å². The van der Waals surface area contributed by atoms with Gasteiger partial charge < -0.3 is 15.7 Å². The number of nitrogens with one attached hydrogen (secondary N) is 2. The van der Waals surface area contributed by atoms with Crippen LogP contribution in [-0.4, -0.2) is 23.6 Å². The number of hydrogen-bond donors (Lipinski definition) is 3. The Morgan fingerprint density at radius 2 is 2.18 bits per heavy atom. The van der Waals surface area contributed by atoms with Gasteiger partial charge in [-0.2, -0.15) is 0 Å². The lowest BCUT2D eigenvalue weighted by Crippen LogP contribution is -2.24. The van der Waals surface area contributed by atoms with E-state index in [4.69, 9.17) is 0 Å². The van der Waals surface area contributed by atoms with Gasteiger partial charge in [0.15, 0.2) is 0 Å². The van der Waals surface area contributed by atoms with Crippen molar-refractivity contribution in [2.24, 2.45) is 0 Å². The van der Waals surface area contributed by atoms with Crippen molar-refractivity contribution < 1.29 is 9.90 Å². The highest BCUT2D eigenvalue weighted by atomic mass is 16.3. The molecule has 0 saturated heterocycles. The van der Waals surface area contributed by atoms with E-state index in [1.54, 1.807) is 18.2 Å². The fourth-order valence-corrected chi connectivity index (χ4v) is 1.45. The summed E-state index contributed by atoms with van der Waals surface area (Å²) >= 11 is 0. The average molecular weight is 236 g/mol. The summed E-state index contributed by atoms with van der Waals surface area (Å²) in [5.41, 5.74) is 0.631. The maximum atomic E-state index is 11.5. The van der Waals surface area contributed by atoms with Gasteiger partial charge in [-0.05, 0) is 25.1 Å². The molecule has 1 aromatic carbocycles. The van der Waals surface area contributed by atoms with Crippen molar-refractivity contribution in [1.29, 1.82) is 0 Å². The Balaban J connectivity index is 2.25. The number of hydrogen-bond acceptors (Lipinski definition) is 3. The van der Waals surface area contributed by atoms with E-state index in [0.29, 0.717) is 18.2 Å². The number of carbonyl (C=O) groups excluding carboxylic acids is 1. The highest BCUT2D eigenvalue weighted by Crippen LogP contribution is 2.15. The molecule has 0 heterocycles. The third kappa shape index (κ3) is 5.92. The molecule has 1 aromatic rings. The number of benzene rings is 1. The zero-order valence-electron chi connectivity index (χ0n) is 10.4. The van der Waals surface area contributed by atoms with Gasteiger partial charge in [-0.25, -0.2) is 0 Å². The highest BCUT2D eigenvalue weighted by Gasteiger charge is 2.02. The summed E-state index contributed by atoms with van der Waals surface area (Å²) < 4.78 is 0. The lowest BCUT2D eigenvalue weighted by molar-refractivity contribution is -0.116. The Morgan fingerprint density at radius 1 is 1.41 bits per heavy atom. The zero-order chi connectivity index (χ0) is 12.7. The summed E-state index contributed by atoms with van der Waals surface area (Å²) in [7, 11) is 0. The molecule has 94 valence electrons. The molecule has 1 amide bonds. The third-order valence-corrected chi connectivity index (χ3v) is 2.26. The molecule has 0 aliphatic rings. The van der Waals surface area contributed by atoms with Gasteiger partial charge in [0.25, 0.3) is 0 Å². The molecule has 0 aromatic heterocycles. The first kappa shape index (κ1) is 13.5. The van der Waals surface area contributed by atoms with Crippen LogP contribution in [0.2, 0.25) is 0 Å². The first-order valence-electron chi connectivity index (χ1n) is 5.90. The molecule has 4 nitrogen and oxygen atoms in total. The fraction of sp³-hybridized carbons (Fsp3) is 0.462. The highest BCUT2D eigenvalue weighted by molar-refractivity contribution is 5.90. The largest absolute Gasteiger partial charge is 0.508 e. The van der Waals surface area contributed by atoms with Crippen molar-refractivity contribution in [1.82, 2.24) is 5.32 Å². The van der Waals surface area contributed by atoms with Gasteiger partial charge in [-0.3, -0.25) is 4.79 Å². The summed E-state index contributed by atoms with van der Waals surface area (Å²) in [6.45, 7) is 4.99. The van der Waals surface area contributed by atoms with Crippen LogP contribution in [0.25, 0.3) is 0 Å². The van der Waals surface area contributed by atoms with Gasteiger partial charge in [0, 0.05) is 24.2 Å². The maximum absolute atomic E-state index is 11.5. The SMILES string of the molecule is CC(C)NCCCC(=O)Nc1cccc(O)c1. The molecule has 0 aliphatic heterocycles. The van der Waals surface area contributed by atoms with Crippen LogP contribution in [-0.2, 0) is 4.79 Å². The van der Waals surface area contributed by atoms with E-state index >= 15 is 0 Å². The van der Waals surface area contributed by atoms with Crippen LogP contribution in [0.1, 0.15) is 26.7 Å². The predicted molar refractivity (Wildman–Crippen MR) is 69.1 cm³/mol. The molecule has 0 saturated carbocycles. The van der Waals surface area contributed by atoms with Crippen molar-refractivity contribution in [2.45, 2.75) is 32.7 Å². The van der Waals surface area contributed by atoms with Crippen LogP contribution in [0.3, 0.4) is 0 Å². The maximum Gasteiger partial charge on any atom is 0.224 e. The summed E-state index contributed by atoms with van der Waals surface area (Å²) in [4.78, 5) is 11.5. The molecule has 0 fully saturated rings. The molecule has 0 bridgehead atoms. The van der Waals surface area contributed by atoms with Crippen molar-refractivity contribution in [3.05, 3.63) is 24.3 Å². The molecule has 3 N–H and O–H groups in total. The zero-order valence-corrected chi connectivity index (χ0v) is 10.4. The van der Waals surface area contributed by atoms with Crippen LogP contribution in [0, 0.1) is 0 Å². The number of amides is 1. The molecule has 0 atom stereocenters. The Kier molecular flexibility index (Phi) is 5.49. The van der Waals surface area contributed by atoms with Gasteiger partial charge in [0.1, 0.15) is 5.75 Å². The van der Waals surface area contributed by atoms with Crippen LogP contribution >= 0.6 is 0 Å². The van der Waals surface area contributed by atoms with Crippen LogP contribution in [0.4, 0.5) is 5.69 Å². The smallest absolute Gasteiger partial charge is 0.224 e. The molecular formula is C13H20N2O2. The number of rotatable bonds is 6. The normalized spacial score (nSPS) is 10.5. The second-order valence-corrected chi connectivity index (χ2v) is 4.31. The quantitative estimate of drug-likeness (QED) is 0.663. The number of phenols is 1. The van der Waals surface area contributed by atoms with Crippen LogP contribution < -0.4 is 10.6 Å². The summed E-state index contributed by atoms with van der Waals surface area (Å²) in [5, 5.41) is 15.2. The molecular weight excluding hydrogens is 216 g/mol. The average Bonchev–Trinajstić information content (AvgIpc) is 2.24. The molecule has 0 spiro atoms. The summed E-state index contributed by atoms with van der Waals surface area (Å²) in [5.74, 6) is 0.130. The minimum Gasteiger partial charge on any atom is -0.508 e. The van der Waals surface area contributed by atoms with E-state index in [9.17, 15) is 9.90 Å². The molecule has 0 unspecified atom stereocenters. The van der Waals surface area contributed by atoms with Gasteiger partial charge in [-0.1, -0.05) is 19.9 Å². The molecule has 4 heteroatoms. The fourth-order valence-electron chi connectivity index (χ4n) is 1.45. The Hall–Kier alpha value is -1.55. The number of phenolic OH excluding ortho intramolecular Hbond substituents is 1. The van der Waals surface area contributed by atoms with E-state index < -0.39 is 0 Å². The first-order valence-corrected chi connectivity index (χ1v) is 5.90. The van der Waals surface area contributed by atoms with E-state index in [1.165, 1.54) is 6.07 Å². The number of anilines is 1. The number of carbonyl (C=O) groups is 1. The monoisotopic (exact) mass is 236 g/mol. The molecule has 0 aliphatic carbocycles. The van der Waals surface area contributed by atoms with E-state index in [0.717, 1.165) is 13.0 Å². The Morgan fingerprint density at radius 3 is 2.82 bits per heavy atom.